The minimum atomic E-state index is 0.00449. The van der Waals surface area contributed by atoms with Crippen LogP contribution in [0.4, 0.5) is 10.9 Å². The molecule has 8 nitrogen and oxygen atoms in total. The second-order valence-electron chi connectivity index (χ2n) is 7.05. The Morgan fingerprint density at radius 3 is 2.93 bits per heavy atom. The number of piperidine rings is 1. The van der Waals surface area contributed by atoms with Crippen LogP contribution in [0.25, 0.3) is 6.08 Å². The van der Waals surface area contributed by atoms with Crippen molar-refractivity contribution in [3.8, 4) is 0 Å². The number of hydrogen-bond acceptors (Lipinski definition) is 7. The van der Waals surface area contributed by atoms with Crippen molar-refractivity contribution in [3.05, 3.63) is 53.2 Å². The van der Waals surface area contributed by atoms with Gasteiger partial charge in [-0.3, -0.25) is 14.5 Å². The number of amides is 1. The largest absolute Gasteiger partial charge is 0.338 e. The van der Waals surface area contributed by atoms with Gasteiger partial charge in [-0.1, -0.05) is 0 Å². The predicted octanol–water partition coefficient (Wildman–Crippen LogP) is 3.14. The number of thiazole rings is 1. The third-order valence-corrected chi connectivity index (χ3v) is 5.82. The number of nitrogens with zero attached hydrogens (tertiary/aromatic N) is 6. The van der Waals surface area contributed by atoms with Crippen molar-refractivity contribution in [2.45, 2.75) is 25.7 Å². The smallest absolute Gasteiger partial charge is 0.246 e. The average Bonchev–Trinajstić information content (AvgIpc) is 3.34. The van der Waals surface area contributed by atoms with Crippen molar-refractivity contribution in [1.29, 1.82) is 0 Å². The van der Waals surface area contributed by atoms with Crippen LogP contribution >= 0.6 is 11.3 Å². The van der Waals surface area contributed by atoms with Crippen molar-refractivity contribution < 1.29 is 4.79 Å². The van der Waals surface area contributed by atoms with Gasteiger partial charge in [0.25, 0.3) is 0 Å². The Kier molecular flexibility index (Phi) is 5.66. The molecular formula is C20H23N7OS. The van der Waals surface area contributed by atoms with Gasteiger partial charge in [0, 0.05) is 56.1 Å². The van der Waals surface area contributed by atoms with Crippen LogP contribution in [-0.4, -0.2) is 48.6 Å². The fourth-order valence-electron chi connectivity index (χ4n) is 3.47. The fourth-order valence-corrected chi connectivity index (χ4v) is 4.15. The fraction of sp³-hybridized carbons (Fsp3) is 0.350. The first-order valence-corrected chi connectivity index (χ1v) is 10.4. The number of carbonyl (C=O) groups excluding carboxylic acids is 1. The molecule has 0 bridgehead atoms. The molecule has 1 aliphatic heterocycles. The van der Waals surface area contributed by atoms with Crippen LogP contribution in [0.3, 0.4) is 0 Å². The summed E-state index contributed by atoms with van der Waals surface area (Å²) in [5, 5.41) is 10.2. The minimum Gasteiger partial charge on any atom is -0.338 e. The van der Waals surface area contributed by atoms with E-state index < -0.39 is 0 Å². The quantitative estimate of drug-likeness (QED) is 0.651. The molecule has 1 amide bonds. The Morgan fingerprint density at radius 1 is 1.31 bits per heavy atom. The van der Waals surface area contributed by atoms with Gasteiger partial charge >= 0.3 is 0 Å². The van der Waals surface area contributed by atoms with E-state index in [0.717, 1.165) is 41.6 Å². The van der Waals surface area contributed by atoms with E-state index in [0.29, 0.717) is 12.4 Å². The molecule has 3 aromatic heterocycles. The van der Waals surface area contributed by atoms with Crippen LogP contribution < -0.4 is 5.32 Å². The molecule has 0 spiro atoms. The molecule has 29 heavy (non-hydrogen) atoms. The number of nitrogens with one attached hydrogen (secondary N) is 1. The Balaban J connectivity index is 1.48. The van der Waals surface area contributed by atoms with Crippen molar-refractivity contribution in [1.82, 2.24) is 29.6 Å². The second-order valence-corrected chi connectivity index (χ2v) is 7.90. The summed E-state index contributed by atoms with van der Waals surface area (Å²) in [5.74, 6) is 0.853. The Hall–Kier alpha value is -3.07. The lowest BCUT2D eigenvalue weighted by molar-refractivity contribution is -0.127. The number of aryl methyl sites for hydroxylation is 2. The first kappa shape index (κ1) is 19.3. The highest BCUT2D eigenvalue weighted by Gasteiger charge is 2.27. The van der Waals surface area contributed by atoms with Crippen molar-refractivity contribution in [3.63, 3.8) is 0 Å². The maximum atomic E-state index is 12.7. The number of carbonyl (C=O) groups is 1. The summed E-state index contributed by atoms with van der Waals surface area (Å²) in [5.41, 5.74) is 2.75. The van der Waals surface area contributed by atoms with Gasteiger partial charge in [0.2, 0.25) is 5.91 Å². The monoisotopic (exact) mass is 409 g/mol. The van der Waals surface area contributed by atoms with Crippen LogP contribution in [0.2, 0.25) is 0 Å². The molecule has 1 atom stereocenters. The molecule has 0 saturated carbocycles. The first-order chi connectivity index (χ1) is 14.1. The molecule has 1 saturated heterocycles. The molecule has 0 aliphatic carbocycles. The summed E-state index contributed by atoms with van der Waals surface area (Å²) in [6, 6.07) is 1.88. The molecule has 4 heterocycles. The molecule has 1 aliphatic rings. The van der Waals surface area contributed by atoms with E-state index in [1.807, 2.05) is 30.3 Å². The molecule has 3 aromatic rings. The Bertz CT molecular complexity index is 1030. The molecule has 0 aromatic carbocycles. The van der Waals surface area contributed by atoms with Crippen LogP contribution in [0, 0.1) is 6.92 Å². The van der Waals surface area contributed by atoms with Crippen LogP contribution in [0.15, 0.2) is 36.1 Å². The summed E-state index contributed by atoms with van der Waals surface area (Å²) in [6.45, 7) is 3.33. The first-order valence-electron chi connectivity index (χ1n) is 9.55. The van der Waals surface area contributed by atoms with E-state index in [-0.39, 0.29) is 11.8 Å². The van der Waals surface area contributed by atoms with Crippen molar-refractivity contribution in [2.75, 3.05) is 18.4 Å². The zero-order valence-corrected chi connectivity index (χ0v) is 17.3. The van der Waals surface area contributed by atoms with Gasteiger partial charge < -0.3 is 10.2 Å². The zero-order chi connectivity index (χ0) is 20.2. The molecular weight excluding hydrogens is 386 g/mol. The van der Waals surface area contributed by atoms with Crippen molar-refractivity contribution >= 4 is 34.3 Å². The average molecular weight is 410 g/mol. The maximum Gasteiger partial charge on any atom is 0.246 e. The topological polar surface area (TPSA) is 88.8 Å². The van der Waals surface area contributed by atoms with E-state index in [2.05, 4.69) is 25.4 Å². The lowest BCUT2D eigenvalue weighted by Crippen LogP contribution is -2.38. The lowest BCUT2D eigenvalue weighted by Gasteiger charge is -2.32. The summed E-state index contributed by atoms with van der Waals surface area (Å²) in [7, 11) is 1.85. The van der Waals surface area contributed by atoms with Gasteiger partial charge in [0.1, 0.15) is 0 Å². The number of rotatable bonds is 5. The van der Waals surface area contributed by atoms with Crippen LogP contribution in [-0.2, 0) is 11.8 Å². The van der Waals surface area contributed by atoms with E-state index in [1.54, 1.807) is 46.8 Å². The third kappa shape index (κ3) is 4.51. The van der Waals surface area contributed by atoms with Gasteiger partial charge in [-0.05, 0) is 31.9 Å². The molecule has 0 radical (unpaired) electrons. The van der Waals surface area contributed by atoms with E-state index in [9.17, 15) is 4.79 Å². The maximum absolute atomic E-state index is 12.7. The van der Waals surface area contributed by atoms with Gasteiger partial charge in [0.05, 0.1) is 17.1 Å². The van der Waals surface area contributed by atoms with E-state index in [4.69, 9.17) is 0 Å². The molecule has 4 rings (SSSR count). The van der Waals surface area contributed by atoms with Gasteiger partial charge in [-0.25, -0.2) is 9.97 Å². The van der Waals surface area contributed by atoms with Gasteiger partial charge in [0.15, 0.2) is 10.9 Å². The highest BCUT2D eigenvalue weighted by Crippen LogP contribution is 2.31. The number of anilines is 2. The van der Waals surface area contributed by atoms with Crippen molar-refractivity contribution in [2.24, 2.45) is 7.05 Å². The third-order valence-electron chi connectivity index (χ3n) is 4.95. The predicted molar refractivity (Wildman–Crippen MR) is 113 cm³/mol. The summed E-state index contributed by atoms with van der Waals surface area (Å²) in [4.78, 5) is 28.1. The number of hydrogen-bond donors (Lipinski definition) is 1. The van der Waals surface area contributed by atoms with E-state index >= 15 is 0 Å². The molecule has 1 N–H and O–H groups in total. The molecule has 150 valence electrons. The van der Waals surface area contributed by atoms with Gasteiger partial charge in [-0.2, -0.15) is 5.10 Å². The standard InChI is InChI=1S/C20H23N7OS/c1-14-13-29-20(24-14)25-19-18(21-9-10-22-19)15-4-3-11-27(12-15)17(28)6-5-16-7-8-23-26(16)2/h5-10,13,15H,3-4,11-12H2,1-2H3,(H,22,24,25)/b6-5+. The normalized spacial score (nSPS) is 17.0. The van der Waals surface area contributed by atoms with Crippen LogP contribution in [0.1, 0.15) is 35.8 Å². The zero-order valence-electron chi connectivity index (χ0n) is 16.4. The number of aromatic nitrogens is 5. The second kappa shape index (κ2) is 8.52. The SMILES string of the molecule is Cc1csc(Nc2nccnc2C2CCCN(C(=O)/C=C/c3ccnn3C)C2)n1. The molecule has 9 heteroatoms. The molecule has 1 unspecified atom stereocenters. The number of likely N-dealkylation sites (tertiary alicyclic amines) is 1. The highest BCUT2D eigenvalue weighted by molar-refractivity contribution is 7.13. The minimum absolute atomic E-state index is 0.00449. The van der Waals surface area contributed by atoms with Crippen LogP contribution in [0.5, 0.6) is 0 Å². The van der Waals surface area contributed by atoms with E-state index in [1.165, 1.54) is 0 Å². The lowest BCUT2D eigenvalue weighted by atomic mass is 9.94. The molecule has 1 fully saturated rings. The Morgan fingerprint density at radius 2 is 2.17 bits per heavy atom. The highest BCUT2D eigenvalue weighted by atomic mass is 32.1. The summed E-state index contributed by atoms with van der Waals surface area (Å²) >= 11 is 1.54. The van der Waals surface area contributed by atoms with Gasteiger partial charge in [-0.15, -0.1) is 11.3 Å². The summed E-state index contributed by atoms with van der Waals surface area (Å²) < 4.78 is 1.74. The summed E-state index contributed by atoms with van der Waals surface area (Å²) in [6.07, 6.45) is 10.4. The Labute approximate surface area is 173 Å².